The lowest BCUT2D eigenvalue weighted by Crippen LogP contribution is -2.29. The molecule has 10 nitrogen and oxygen atoms in total. The summed E-state index contributed by atoms with van der Waals surface area (Å²) in [6.45, 7) is 2.82. The standard InChI is InChI=1S/C33H33N5O5/c1-42-28-16-25(32(39)40)14-26-29(28)38(19-23-11-13-36(17-23)33(41)43-20-22-6-3-2-4-7-22)31(35-26)27-15-24-8-5-12-34-30(24)37(27)18-21-9-10-21/h2-8,12,14-16,21,23H,9-11,13,17-20H2,1H3,(H,39,40). The maximum absolute atomic E-state index is 12.9. The fraction of sp³-hybridized carbons (Fsp3) is 0.333. The summed E-state index contributed by atoms with van der Waals surface area (Å²) in [5.41, 5.74) is 4.21. The van der Waals surface area contributed by atoms with Crippen molar-refractivity contribution >= 4 is 34.1 Å². The Bertz CT molecular complexity index is 1820. The quantitative estimate of drug-likeness (QED) is 0.234. The molecule has 5 aromatic rings. The van der Waals surface area contributed by atoms with Crippen LogP contribution in [0.15, 0.2) is 66.9 Å². The summed E-state index contributed by atoms with van der Waals surface area (Å²) >= 11 is 0. The number of ether oxygens (including phenoxy) is 2. The number of likely N-dealkylation sites (tertiary alicyclic amines) is 1. The highest BCUT2D eigenvalue weighted by molar-refractivity contribution is 5.96. The number of imidazole rings is 1. The highest BCUT2D eigenvalue weighted by atomic mass is 16.6. The molecule has 43 heavy (non-hydrogen) atoms. The van der Waals surface area contributed by atoms with Crippen molar-refractivity contribution in [1.82, 2.24) is 24.0 Å². The average Bonchev–Trinajstić information content (AvgIpc) is 3.43. The number of fused-ring (bicyclic) bond motifs is 2. The van der Waals surface area contributed by atoms with Gasteiger partial charge in [-0.1, -0.05) is 30.3 Å². The molecule has 7 rings (SSSR count). The fourth-order valence-electron chi connectivity index (χ4n) is 6.11. The Balaban J connectivity index is 1.25. The molecule has 0 bridgehead atoms. The van der Waals surface area contributed by atoms with Gasteiger partial charge >= 0.3 is 12.1 Å². The second-order valence-electron chi connectivity index (χ2n) is 11.5. The normalized spacial score (nSPS) is 16.7. The van der Waals surface area contributed by atoms with Gasteiger partial charge in [-0.15, -0.1) is 0 Å². The molecule has 4 heterocycles. The molecule has 1 aliphatic carbocycles. The second kappa shape index (κ2) is 11.1. The topological polar surface area (TPSA) is 112 Å². The number of hydrogen-bond donors (Lipinski definition) is 1. The van der Waals surface area contributed by atoms with Gasteiger partial charge in [0.25, 0.3) is 0 Å². The Labute approximate surface area is 248 Å². The number of methoxy groups -OCH3 is 1. The van der Waals surface area contributed by atoms with E-state index in [-0.39, 0.29) is 24.2 Å². The number of amides is 1. The summed E-state index contributed by atoms with van der Waals surface area (Å²) in [7, 11) is 1.55. The van der Waals surface area contributed by atoms with Crippen molar-refractivity contribution in [2.24, 2.45) is 11.8 Å². The number of aromatic carboxylic acids is 1. The molecule has 2 aliphatic rings. The molecule has 10 heteroatoms. The van der Waals surface area contributed by atoms with E-state index in [2.05, 4.69) is 21.3 Å². The molecule has 1 atom stereocenters. The van der Waals surface area contributed by atoms with Crippen molar-refractivity contribution in [3.05, 3.63) is 78.0 Å². The first-order valence-electron chi connectivity index (χ1n) is 14.7. The summed E-state index contributed by atoms with van der Waals surface area (Å²) < 4.78 is 15.7. The second-order valence-corrected chi connectivity index (χ2v) is 11.5. The van der Waals surface area contributed by atoms with Crippen LogP contribution in [0.25, 0.3) is 33.6 Å². The minimum absolute atomic E-state index is 0.119. The lowest BCUT2D eigenvalue weighted by atomic mass is 10.1. The van der Waals surface area contributed by atoms with Crippen LogP contribution in [0, 0.1) is 11.8 Å². The number of rotatable bonds is 9. The first-order chi connectivity index (χ1) is 21.0. The van der Waals surface area contributed by atoms with Crippen LogP contribution in [0.1, 0.15) is 35.2 Å². The zero-order valence-electron chi connectivity index (χ0n) is 24.0. The molecule has 1 saturated carbocycles. The predicted octanol–water partition coefficient (Wildman–Crippen LogP) is 5.83. The molecule has 1 amide bonds. The number of nitrogens with zero attached hydrogens (tertiary/aromatic N) is 5. The van der Waals surface area contributed by atoms with Gasteiger partial charge in [0.05, 0.1) is 23.9 Å². The number of aromatic nitrogens is 4. The molecule has 0 radical (unpaired) electrons. The van der Waals surface area contributed by atoms with Crippen molar-refractivity contribution in [3.8, 4) is 17.3 Å². The summed E-state index contributed by atoms with van der Waals surface area (Å²) in [4.78, 5) is 36.4. The van der Waals surface area contributed by atoms with Gasteiger partial charge in [0.15, 0.2) is 5.82 Å². The Hall–Kier alpha value is -4.86. The molecular weight excluding hydrogens is 546 g/mol. The van der Waals surface area contributed by atoms with Crippen molar-refractivity contribution in [2.45, 2.75) is 39.0 Å². The van der Waals surface area contributed by atoms with Crippen LogP contribution < -0.4 is 4.74 Å². The van der Waals surface area contributed by atoms with E-state index in [4.69, 9.17) is 19.4 Å². The number of carboxylic acid groups (broad SMARTS) is 1. The maximum atomic E-state index is 12.9. The van der Waals surface area contributed by atoms with Crippen LogP contribution in [0.3, 0.4) is 0 Å². The SMILES string of the molecule is COc1cc(C(=O)O)cc2nc(-c3cc4cccnc4n3CC3CC3)n(CC3CCN(C(=O)OCc4ccccc4)C3)c12. The third-order valence-electron chi connectivity index (χ3n) is 8.49. The monoisotopic (exact) mass is 579 g/mol. The van der Waals surface area contributed by atoms with E-state index in [1.54, 1.807) is 24.1 Å². The van der Waals surface area contributed by atoms with Gasteiger partial charge in [-0.3, -0.25) is 0 Å². The Morgan fingerprint density at radius 1 is 0.977 bits per heavy atom. The molecule has 2 aromatic carbocycles. The average molecular weight is 580 g/mol. The van der Waals surface area contributed by atoms with Crippen LogP contribution >= 0.6 is 0 Å². The van der Waals surface area contributed by atoms with E-state index in [0.29, 0.717) is 36.8 Å². The highest BCUT2D eigenvalue weighted by Gasteiger charge is 2.31. The molecule has 1 saturated heterocycles. The third kappa shape index (κ3) is 5.29. The smallest absolute Gasteiger partial charge is 0.410 e. The van der Waals surface area contributed by atoms with Crippen molar-refractivity contribution in [1.29, 1.82) is 0 Å². The lowest BCUT2D eigenvalue weighted by molar-refractivity contribution is 0.0696. The van der Waals surface area contributed by atoms with Gasteiger partial charge < -0.3 is 28.6 Å². The highest BCUT2D eigenvalue weighted by Crippen LogP contribution is 2.38. The van der Waals surface area contributed by atoms with E-state index >= 15 is 0 Å². The van der Waals surface area contributed by atoms with E-state index in [1.807, 2.05) is 42.6 Å². The van der Waals surface area contributed by atoms with Crippen molar-refractivity contribution in [3.63, 3.8) is 0 Å². The van der Waals surface area contributed by atoms with Gasteiger partial charge in [-0.25, -0.2) is 19.6 Å². The van der Waals surface area contributed by atoms with Gasteiger partial charge in [0.1, 0.15) is 23.5 Å². The summed E-state index contributed by atoms with van der Waals surface area (Å²) in [6, 6.07) is 18.9. The van der Waals surface area contributed by atoms with E-state index in [9.17, 15) is 14.7 Å². The maximum Gasteiger partial charge on any atom is 0.410 e. The zero-order chi connectivity index (χ0) is 29.5. The Morgan fingerprint density at radius 2 is 1.79 bits per heavy atom. The largest absolute Gasteiger partial charge is 0.494 e. The molecule has 1 aliphatic heterocycles. The minimum Gasteiger partial charge on any atom is -0.494 e. The minimum atomic E-state index is -1.04. The number of carbonyl (C=O) groups excluding carboxylic acids is 1. The van der Waals surface area contributed by atoms with E-state index in [0.717, 1.165) is 46.6 Å². The molecular formula is C33H33N5O5. The third-order valence-corrected chi connectivity index (χ3v) is 8.49. The molecule has 1 unspecified atom stereocenters. The summed E-state index contributed by atoms with van der Waals surface area (Å²) in [5.74, 6) is 0.897. The van der Waals surface area contributed by atoms with Gasteiger partial charge in [-0.2, -0.15) is 0 Å². The number of hydrogen-bond acceptors (Lipinski definition) is 6. The van der Waals surface area contributed by atoms with E-state index < -0.39 is 5.97 Å². The lowest BCUT2D eigenvalue weighted by Gasteiger charge is -2.19. The number of benzene rings is 2. The zero-order valence-corrected chi connectivity index (χ0v) is 24.0. The number of pyridine rings is 1. The fourth-order valence-corrected chi connectivity index (χ4v) is 6.11. The molecule has 3 aromatic heterocycles. The Morgan fingerprint density at radius 3 is 2.56 bits per heavy atom. The first-order valence-corrected chi connectivity index (χ1v) is 14.7. The summed E-state index contributed by atoms with van der Waals surface area (Å²) in [6.07, 6.45) is 4.68. The van der Waals surface area contributed by atoms with Crippen LogP contribution in [-0.4, -0.2) is 61.4 Å². The molecule has 1 N–H and O–H groups in total. The summed E-state index contributed by atoms with van der Waals surface area (Å²) in [5, 5.41) is 10.8. The van der Waals surface area contributed by atoms with Crippen LogP contribution in [0.2, 0.25) is 0 Å². The number of carbonyl (C=O) groups is 2. The van der Waals surface area contributed by atoms with Crippen LogP contribution in [0.4, 0.5) is 4.79 Å². The van der Waals surface area contributed by atoms with Crippen LogP contribution in [0.5, 0.6) is 5.75 Å². The van der Waals surface area contributed by atoms with Gasteiger partial charge in [0, 0.05) is 37.8 Å². The van der Waals surface area contributed by atoms with E-state index in [1.165, 1.54) is 12.8 Å². The van der Waals surface area contributed by atoms with Gasteiger partial charge in [-0.05, 0) is 67.0 Å². The first kappa shape index (κ1) is 27.0. The Kier molecular flexibility index (Phi) is 6.96. The van der Waals surface area contributed by atoms with Crippen molar-refractivity contribution in [2.75, 3.05) is 20.2 Å². The molecule has 2 fully saturated rings. The predicted molar refractivity (Wildman–Crippen MR) is 161 cm³/mol. The van der Waals surface area contributed by atoms with Gasteiger partial charge in [0.2, 0.25) is 0 Å². The molecule has 0 spiro atoms. The van der Waals surface area contributed by atoms with Crippen LogP contribution in [-0.2, 0) is 24.4 Å². The molecule has 220 valence electrons. The number of carboxylic acids is 1. The van der Waals surface area contributed by atoms with Crippen molar-refractivity contribution < 1.29 is 24.2 Å².